The molecule has 5 nitrogen and oxygen atoms in total. The Kier molecular flexibility index (Phi) is 4.15. The van der Waals surface area contributed by atoms with Gasteiger partial charge in [-0.2, -0.15) is 0 Å². The van der Waals surface area contributed by atoms with E-state index in [2.05, 4.69) is 17.6 Å². The third kappa shape index (κ3) is 2.93. The normalized spacial score (nSPS) is 32.3. The van der Waals surface area contributed by atoms with Gasteiger partial charge in [0, 0.05) is 6.04 Å². The maximum Gasteiger partial charge on any atom is 0.251 e. The van der Waals surface area contributed by atoms with E-state index < -0.39 is 6.10 Å². The molecule has 2 fully saturated rings. The molecule has 2 rings (SSSR count). The Hall–Kier alpha value is -0.650. The summed E-state index contributed by atoms with van der Waals surface area (Å²) in [5.41, 5.74) is 0. The van der Waals surface area contributed by atoms with Crippen molar-refractivity contribution in [2.75, 3.05) is 32.9 Å². The predicted molar refractivity (Wildman–Crippen MR) is 59.1 cm³/mol. The summed E-state index contributed by atoms with van der Waals surface area (Å²) in [6.45, 7) is 5.57. The minimum Gasteiger partial charge on any atom is -0.376 e. The van der Waals surface area contributed by atoms with Crippen LogP contribution in [0.15, 0.2) is 0 Å². The standard InChI is InChI=1S/C11H20N2O3/c1-8(9-2-3-12-6-9)13-11(14)10-7-15-4-5-16-10/h8-10,12H,2-7H2,1H3,(H,13,14). The summed E-state index contributed by atoms with van der Waals surface area (Å²) >= 11 is 0. The van der Waals surface area contributed by atoms with Crippen LogP contribution in [0.25, 0.3) is 0 Å². The molecule has 2 heterocycles. The van der Waals surface area contributed by atoms with E-state index in [0.29, 0.717) is 25.7 Å². The number of hydrogen-bond acceptors (Lipinski definition) is 4. The van der Waals surface area contributed by atoms with Crippen molar-refractivity contribution < 1.29 is 14.3 Å². The van der Waals surface area contributed by atoms with Crippen molar-refractivity contribution in [2.45, 2.75) is 25.5 Å². The molecule has 0 aromatic carbocycles. The second kappa shape index (κ2) is 5.61. The van der Waals surface area contributed by atoms with Crippen molar-refractivity contribution in [1.82, 2.24) is 10.6 Å². The Morgan fingerprint density at radius 1 is 1.50 bits per heavy atom. The number of rotatable bonds is 3. The molecule has 0 spiro atoms. The first-order chi connectivity index (χ1) is 7.77. The summed E-state index contributed by atoms with van der Waals surface area (Å²) in [6.07, 6.45) is 0.703. The van der Waals surface area contributed by atoms with E-state index in [1.165, 1.54) is 0 Å². The van der Waals surface area contributed by atoms with Gasteiger partial charge in [0.25, 0.3) is 5.91 Å². The molecular weight excluding hydrogens is 208 g/mol. The number of ether oxygens (including phenoxy) is 2. The van der Waals surface area contributed by atoms with E-state index in [1.807, 2.05) is 0 Å². The fraction of sp³-hybridized carbons (Fsp3) is 0.909. The number of amides is 1. The SMILES string of the molecule is CC(NC(=O)C1COCCO1)C1CCNC1. The molecule has 92 valence electrons. The van der Waals surface area contributed by atoms with Crippen LogP contribution in [0.1, 0.15) is 13.3 Å². The van der Waals surface area contributed by atoms with Gasteiger partial charge in [-0.1, -0.05) is 0 Å². The molecule has 0 aromatic rings. The van der Waals surface area contributed by atoms with Crippen molar-refractivity contribution in [1.29, 1.82) is 0 Å². The molecule has 2 aliphatic rings. The summed E-state index contributed by atoms with van der Waals surface area (Å²) in [4.78, 5) is 11.8. The van der Waals surface area contributed by atoms with Crippen LogP contribution in [0.3, 0.4) is 0 Å². The predicted octanol–water partition coefficient (Wildman–Crippen LogP) is -0.484. The Morgan fingerprint density at radius 2 is 2.38 bits per heavy atom. The largest absolute Gasteiger partial charge is 0.376 e. The van der Waals surface area contributed by atoms with E-state index in [4.69, 9.17) is 9.47 Å². The molecule has 0 radical (unpaired) electrons. The lowest BCUT2D eigenvalue weighted by molar-refractivity contribution is -0.148. The van der Waals surface area contributed by atoms with Gasteiger partial charge in [0.2, 0.25) is 0 Å². The van der Waals surface area contributed by atoms with E-state index in [-0.39, 0.29) is 11.9 Å². The molecule has 16 heavy (non-hydrogen) atoms. The van der Waals surface area contributed by atoms with Crippen molar-refractivity contribution in [3.8, 4) is 0 Å². The smallest absolute Gasteiger partial charge is 0.251 e. The molecule has 0 aromatic heterocycles. The van der Waals surface area contributed by atoms with Crippen LogP contribution < -0.4 is 10.6 Å². The first-order valence-electron chi connectivity index (χ1n) is 5.98. The number of hydrogen-bond donors (Lipinski definition) is 2. The number of nitrogens with one attached hydrogen (secondary N) is 2. The summed E-state index contributed by atoms with van der Waals surface area (Å²) in [7, 11) is 0. The monoisotopic (exact) mass is 228 g/mol. The summed E-state index contributed by atoms with van der Waals surface area (Å²) in [6, 6.07) is 0.202. The summed E-state index contributed by atoms with van der Waals surface area (Å²) in [5.74, 6) is 0.493. The minimum atomic E-state index is -0.425. The van der Waals surface area contributed by atoms with Gasteiger partial charge in [0.1, 0.15) is 0 Å². The van der Waals surface area contributed by atoms with Crippen LogP contribution in [0.2, 0.25) is 0 Å². The third-order valence-corrected chi connectivity index (χ3v) is 3.28. The fourth-order valence-electron chi connectivity index (χ4n) is 2.18. The zero-order valence-corrected chi connectivity index (χ0v) is 9.70. The molecule has 2 aliphatic heterocycles. The quantitative estimate of drug-likeness (QED) is 0.685. The van der Waals surface area contributed by atoms with Crippen molar-refractivity contribution in [3.05, 3.63) is 0 Å². The number of carbonyl (C=O) groups is 1. The second-order valence-electron chi connectivity index (χ2n) is 4.48. The lowest BCUT2D eigenvalue weighted by Crippen LogP contribution is -2.48. The molecule has 2 saturated heterocycles. The Labute approximate surface area is 95.9 Å². The first-order valence-corrected chi connectivity index (χ1v) is 5.98. The highest BCUT2D eigenvalue weighted by atomic mass is 16.6. The molecule has 3 atom stereocenters. The molecule has 3 unspecified atom stereocenters. The molecule has 1 amide bonds. The van der Waals surface area contributed by atoms with Gasteiger partial charge in [0.15, 0.2) is 6.10 Å². The molecular formula is C11H20N2O3. The second-order valence-corrected chi connectivity index (χ2v) is 4.48. The first kappa shape index (κ1) is 11.8. The van der Waals surface area contributed by atoms with E-state index in [9.17, 15) is 4.79 Å². The molecule has 2 N–H and O–H groups in total. The molecule has 0 aliphatic carbocycles. The summed E-state index contributed by atoms with van der Waals surface area (Å²) in [5, 5.41) is 6.31. The highest BCUT2D eigenvalue weighted by molar-refractivity contribution is 5.81. The van der Waals surface area contributed by atoms with Crippen LogP contribution in [0.4, 0.5) is 0 Å². The lowest BCUT2D eigenvalue weighted by atomic mass is 10.0. The number of carbonyl (C=O) groups excluding carboxylic acids is 1. The van der Waals surface area contributed by atoms with E-state index >= 15 is 0 Å². The van der Waals surface area contributed by atoms with Crippen LogP contribution in [0, 0.1) is 5.92 Å². The maximum absolute atomic E-state index is 11.8. The van der Waals surface area contributed by atoms with Gasteiger partial charge < -0.3 is 20.1 Å². The van der Waals surface area contributed by atoms with E-state index in [1.54, 1.807) is 0 Å². The van der Waals surface area contributed by atoms with Gasteiger partial charge in [-0.25, -0.2) is 0 Å². The zero-order valence-electron chi connectivity index (χ0n) is 9.70. The third-order valence-electron chi connectivity index (χ3n) is 3.28. The fourth-order valence-corrected chi connectivity index (χ4v) is 2.18. The lowest BCUT2D eigenvalue weighted by Gasteiger charge is -2.26. The molecule has 5 heteroatoms. The Balaban J connectivity index is 1.76. The van der Waals surface area contributed by atoms with Gasteiger partial charge in [0.05, 0.1) is 19.8 Å². The highest BCUT2D eigenvalue weighted by Gasteiger charge is 2.27. The topological polar surface area (TPSA) is 59.6 Å². The van der Waals surface area contributed by atoms with Crippen LogP contribution in [-0.2, 0) is 14.3 Å². The van der Waals surface area contributed by atoms with Crippen molar-refractivity contribution in [2.24, 2.45) is 5.92 Å². The van der Waals surface area contributed by atoms with Gasteiger partial charge in [-0.3, -0.25) is 4.79 Å². The average Bonchev–Trinajstić information content (AvgIpc) is 2.83. The Morgan fingerprint density at radius 3 is 3.00 bits per heavy atom. The van der Waals surface area contributed by atoms with Crippen LogP contribution in [0.5, 0.6) is 0 Å². The van der Waals surface area contributed by atoms with Crippen LogP contribution >= 0.6 is 0 Å². The van der Waals surface area contributed by atoms with Gasteiger partial charge in [-0.15, -0.1) is 0 Å². The average molecular weight is 228 g/mol. The van der Waals surface area contributed by atoms with Gasteiger partial charge >= 0.3 is 0 Å². The van der Waals surface area contributed by atoms with Gasteiger partial charge in [-0.05, 0) is 32.4 Å². The minimum absolute atomic E-state index is 0.0425. The van der Waals surface area contributed by atoms with Crippen molar-refractivity contribution in [3.63, 3.8) is 0 Å². The Bertz CT molecular complexity index is 235. The van der Waals surface area contributed by atoms with E-state index in [0.717, 1.165) is 19.5 Å². The maximum atomic E-state index is 11.8. The zero-order chi connectivity index (χ0) is 11.4. The van der Waals surface area contributed by atoms with Crippen molar-refractivity contribution >= 4 is 5.91 Å². The molecule has 0 saturated carbocycles. The summed E-state index contributed by atoms with van der Waals surface area (Å²) < 4.78 is 10.6. The highest BCUT2D eigenvalue weighted by Crippen LogP contribution is 2.12. The molecule has 0 bridgehead atoms. The van der Waals surface area contributed by atoms with Crippen LogP contribution in [-0.4, -0.2) is 51.0 Å².